The molecule has 178 valence electrons. The predicted molar refractivity (Wildman–Crippen MR) is 118 cm³/mol. The molecule has 0 saturated heterocycles. The van der Waals surface area contributed by atoms with Gasteiger partial charge in [-0.15, -0.1) is 5.10 Å². The number of fused-ring (bicyclic) bond motifs is 1. The number of hydrogen-bond acceptors (Lipinski definition) is 5. The zero-order valence-electron chi connectivity index (χ0n) is 18.3. The number of benzene rings is 2. The average molecular weight is 474 g/mol. The summed E-state index contributed by atoms with van der Waals surface area (Å²) in [7, 11) is 0. The normalized spacial score (nSPS) is 13.2. The van der Waals surface area contributed by atoms with Gasteiger partial charge >= 0.3 is 6.18 Å². The van der Waals surface area contributed by atoms with E-state index in [1.807, 2.05) is 11.0 Å². The first-order valence-corrected chi connectivity index (χ1v) is 10.7. The lowest BCUT2D eigenvalue weighted by atomic mass is 10.0. The zero-order valence-corrected chi connectivity index (χ0v) is 18.3. The minimum atomic E-state index is -4.64. The number of carbonyl (C=O) groups excluding carboxylic acids is 1. The highest BCUT2D eigenvalue weighted by Crippen LogP contribution is 2.37. The van der Waals surface area contributed by atoms with Crippen molar-refractivity contribution in [3.63, 3.8) is 0 Å². The summed E-state index contributed by atoms with van der Waals surface area (Å²) in [5, 5.41) is 19.9. The van der Waals surface area contributed by atoms with Crippen LogP contribution in [0.4, 0.5) is 29.1 Å². The average Bonchev–Trinajstić information content (AvgIpc) is 3.22. The van der Waals surface area contributed by atoms with Gasteiger partial charge in [0.1, 0.15) is 5.82 Å². The lowest BCUT2D eigenvalue weighted by Crippen LogP contribution is -2.27. The number of aromatic nitrogens is 2. The van der Waals surface area contributed by atoms with E-state index in [0.29, 0.717) is 41.5 Å². The molecule has 1 amide bonds. The van der Waals surface area contributed by atoms with Crippen LogP contribution in [0.5, 0.6) is 0 Å². The maximum Gasteiger partial charge on any atom is 0.416 e. The van der Waals surface area contributed by atoms with Crippen LogP contribution in [0, 0.1) is 12.7 Å². The van der Waals surface area contributed by atoms with Gasteiger partial charge in [-0.25, -0.2) is 4.39 Å². The van der Waals surface area contributed by atoms with Crippen molar-refractivity contribution < 1.29 is 27.5 Å². The van der Waals surface area contributed by atoms with Crippen molar-refractivity contribution in [1.29, 1.82) is 0 Å². The van der Waals surface area contributed by atoms with Gasteiger partial charge in [0, 0.05) is 24.3 Å². The number of carbonyl (C=O) groups is 1. The van der Waals surface area contributed by atoms with Gasteiger partial charge in [-0.1, -0.05) is 6.07 Å². The van der Waals surface area contributed by atoms with Crippen molar-refractivity contribution in [1.82, 2.24) is 15.5 Å². The molecule has 34 heavy (non-hydrogen) atoms. The molecule has 1 aliphatic rings. The summed E-state index contributed by atoms with van der Waals surface area (Å²) in [6.45, 7) is 2.31. The van der Waals surface area contributed by atoms with Crippen molar-refractivity contribution in [2.45, 2.75) is 25.9 Å². The van der Waals surface area contributed by atoms with E-state index in [1.54, 1.807) is 19.1 Å². The fourth-order valence-corrected chi connectivity index (χ4v) is 4.17. The molecular weight excluding hydrogens is 452 g/mol. The number of rotatable bonds is 6. The molecule has 0 saturated carbocycles. The highest BCUT2D eigenvalue weighted by molar-refractivity contribution is 5.98. The molecule has 0 radical (unpaired) electrons. The first-order valence-electron chi connectivity index (χ1n) is 10.7. The van der Waals surface area contributed by atoms with E-state index in [-0.39, 0.29) is 31.0 Å². The molecule has 0 bridgehead atoms. The lowest BCUT2D eigenvalue weighted by molar-refractivity contribution is -0.137. The number of aliphatic hydroxyl groups is 1. The Labute approximate surface area is 193 Å². The second-order valence-electron chi connectivity index (χ2n) is 8.03. The number of hydrogen-bond donors (Lipinski definition) is 2. The third kappa shape index (κ3) is 4.72. The van der Waals surface area contributed by atoms with Gasteiger partial charge in [0.2, 0.25) is 0 Å². The molecule has 0 aliphatic carbocycles. The van der Waals surface area contributed by atoms with Crippen LogP contribution in [-0.2, 0) is 19.0 Å². The molecule has 0 atom stereocenters. The van der Waals surface area contributed by atoms with Gasteiger partial charge in [-0.3, -0.25) is 4.79 Å². The van der Waals surface area contributed by atoms with E-state index in [9.17, 15) is 22.4 Å². The van der Waals surface area contributed by atoms with Crippen LogP contribution in [0.2, 0.25) is 0 Å². The summed E-state index contributed by atoms with van der Waals surface area (Å²) in [6.07, 6.45) is -2.54. The van der Waals surface area contributed by atoms with E-state index in [4.69, 9.17) is 5.11 Å². The number of amides is 1. The number of halogens is 4. The molecule has 4 rings (SSSR count). The van der Waals surface area contributed by atoms with E-state index >= 15 is 0 Å². The van der Waals surface area contributed by atoms with Gasteiger partial charge in [0.15, 0.2) is 5.82 Å². The van der Waals surface area contributed by atoms with Crippen molar-refractivity contribution in [2.75, 3.05) is 24.6 Å². The van der Waals surface area contributed by atoms with E-state index < -0.39 is 17.6 Å². The molecule has 10 heteroatoms. The van der Waals surface area contributed by atoms with Crippen LogP contribution < -0.4 is 10.2 Å². The van der Waals surface area contributed by atoms with Crippen LogP contribution in [0.1, 0.15) is 38.2 Å². The summed E-state index contributed by atoms with van der Waals surface area (Å²) in [6, 6.07) is 7.82. The highest BCUT2D eigenvalue weighted by atomic mass is 19.4. The zero-order chi connectivity index (χ0) is 24.5. The van der Waals surface area contributed by atoms with Crippen LogP contribution in [0.25, 0.3) is 0 Å². The molecule has 2 aromatic carbocycles. The third-order valence-corrected chi connectivity index (χ3v) is 5.79. The fourth-order valence-electron chi connectivity index (χ4n) is 4.17. The smallest absolute Gasteiger partial charge is 0.395 e. The minimum absolute atomic E-state index is 0.0551. The Kier molecular flexibility index (Phi) is 6.52. The Morgan fingerprint density at radius 3 is 2.76 bits per heavy atom. The maximum atomic E-state index is 13.8. The van der Waals surface area contributed by atoms with E-state index in [2.05, 4.69) is 15.5 Å². The number of nitrogens with zero attached hydrogens (tertiary/aromatic N) is 3. The van der Waals surface area contributed by atoms with Crippen LogP contribution in [0.15, 0.2) is 42.6 Å². The molecular formula is C24H22F4N4O2. The molecule has 0 unspecified atom stereocenters. The Morgan fingerprint density at radius 2 is 2.03 bits per heavy atom. The topological polar surface area (TPSA) is 78.4 Å². The third-order valence-electron chi connectivity index (χ3n) is 5.79. The number of anilines is 2. The minimum Gasteiger partial charge on any atom is -0.395 e. The lowest BCUT2D eigenvalue weighted by Gasteiger charge is -2.21. The quantitative estimate of drug-likeness (QED) is 0.529. The second kappa shape index (κ2) is 9.38. The molecule has 3 aromatic rings. The predicted octanol–water partition coefficient (Wildman–Crippen LogP) is 3.95. The van der Waals surface area contributed by atoms with Gasteiger partial charge in [0.05, 0.1) is 18.4 Å². The number of alkyl halides is 3. The number of nitrogens with one attached hydrogen (secondary N) is 1. The van der Waals surface area contributed by atoms with Crippen molar-refractivity contribution >= 4 is 17.4 Å². The maximum absolute atomic E-state index is 13.8. The van der Waals surface area contributed by atoms with Crippen molar-refractivity contribution in [3.8, 4) is 0 Å². The summed E-state index contributed by atoms with van der Waals surface area (Å²) in [5.41, 5.74) is 2.60. The summed E-state index contributed by atoms with van der Waals surface area (Å²) in [4.78, 5) is 14.4. The Balaban J connectivity index is 1.65. The molecule has 2 N–H and O–H groups in total. The first kappa shape index (κ1) is 23.6. The second-order valence-corrected chi connectivity index (χ2v) is 8.03. The molecule has 1 aromatic heterocycles. The highest BCUT2D eigenvalue weighted by Gasteiger charge is 2.32. The SMILES string of the molecule is Cc1c(Cc2cc(F)cc(C(F)(F)F)c2)cnnc1N1CCc2c(C(=O)NCCO)cccc21. The van der Waals surface area contributed by atoms with Crippen LogP contribution >= 0.6 is 0 Å². The van der Waals surface area contributed by atoms with Gasteiger partial charge in [-0.05, 0) is 72.4 Å². The summed E-state index contributed by atoms with van der Waals surface area (Å²) < 4.78 is 53.1. The van der Waals surface area contributed by atoms with Crippen LogP contribution in [0.3, 0.4) is 0 Å². The molecule has 2 heterocycles. The Hall–Kier alpha value is -3.53. The van der Waals surface area contributed by atoms with Crippen LogP contribution in [-0.4, -0.2) is 40.9 Å². The van der Waals surface area contributed by atoms with Gasteiger partial charge in [0.25, 0.3) is 5.91 Å². The number of aliphatic hydroxyl groups excluding tert-OH is 1. The van der Waals surface area contributed by atoms with Gasteiger partial charge in [-0.2, -0.15) is 18.3 Å². The van der Waals surface area contributed by atoms with Crippen molar-refractivity contribution in [3.05, 3.63) is 81.8 Å². The molecule has 0 fully saturated rings. The Bertz CT molecular complexity index is 1230. The van der Waals surface area contributed by atoms with E-state index in [0.717, 1.165) is 23.4 Å². The Morgan fingerprint density at radius 1 is 1.24 bits per heavy atom. The fraction of sp³-hybridized carbons (Fsp3) is 0.292. The summed E-state index contributed by atoms with van der Waals surface area (Å²) in [5.74, 6) is -0.710. The van der Waals surface area contributed by atoms with E-state index in [1.165, 1.54) is 6.20 Å². The standard InChI is InChI=1S/C24H22F4N4O2/c1-14-16(9-15-10-17(24(26,27)28)12-18(25)11-15)13-30-31-22(14)32-7-5-19-20(3-2-4-21(19)32)23(34)29-6-8-33/h2-4,10-13,33H,5-9H2,1H3,(H,29,34). The molecule has 6 nitrogen and oxygen atoms in total. The molecule has 0 spiro atoms. The summed E-state index contributed by atoms with van der Waals surface area (Å²) >= 11 is 0. The van der Waals surface area contributed by atoms with Gasteiger partial charge < -0.3 is 15.3 Å². The molecule has 1 aliphatic heterocycles. The first-order chi connectivity index (χ1) is 16.2. The monoisotopic (exact) mass is 474 g/mol. The largest absolute Gasteiger partial charge is 0.416 e. The van der Waals surface area contributed by atoms with Crippen molar-refractivity contribution in [2.24, 2.45) is 0 Å².